The first-order valence-corrected chi connectivity index (χ1v) is 5.73. The van der Waals surface area contributed by atoms with Crippen molar-refractivity contribution in [2.24, 2.45) is 5.73 Å². The number of nitrogens with zero attached hydrogens (tertiary/aromatic N) is 1. The summed E-state index contributed by atoms with van der Waals surface area (Å²) < 4.78 is 5.60. The van der Waals surface area contributed by atoms with Gasteiger partial charge in [-0.3, -0.25) is 0 Å². The van der Waals surface area contributed by atoms with Crippen molar-refractivity contribution in [1.29, 1.82) is 0 Å². The lowest BCUT2D eigenvalue weighted by molar-refractivity contribution is 0.457. The van der Waals surface area contributed by atoms with Crippen LogP contribution in [0.15, 0.2) is 36.5 Å². The van der Waals surface area contributed by atoms with Crippen LogP contribution in [0.5, 0.6) is 11.6 Å². The minimum Gasteiger partial charge on any atom is -0.437 e. The molecule has 2 rings (SSSR count). The topological polar surface area (TPSA) is 48.1 Å². The van der Waals surface area contributed by atoms with Crippen LogP contribution < -0.4 is 10.5 Å². The van der Waals surface area contributed by atoms with E-state index in [2.05, 4.69) is 4.98 Å². The zero-order valence-electron chi connectivity index (χ0n) is 8.86. The molecule has 0 spiro atoms. The maximum atomic E-state index is 5.97. The number of halogens is 2. The molecular weight excluding hydrogens is 259 g/mol. The van der Waals surface area contributed by atoms with Crippen molar-refractivity contribution < 1.29 is 4.74 Å². The van der Waals surface area contributed by atoms with Gasteiger partial charge in [-0.1, -0.05) is 41.4 Å². The number of pyridine rings is 1. The van der Waals surface area contributed by atoms with Gasteiger partial charge in [0.2, 0.25) is 5.88 Å². The fourth-order valence-electron chi connectivity index (χ4n) is 1.35. The molecule has 1 aromatic heterocycles. The fourth-order valence-corrected chi connectivity index (χ4v) is 1.77. The zero-order valence-corrected chi connectivity index (χ0v) is 10.4. The van der Waals surface area contributed by atoms with Gasteiger partial charge in [0.05, 0.1) is 5.02 Å². The molecule has 0 aliphatic rings. The molecule has 17 heavy (non-hydrogen) atoms. The van der Waals surface area contributed by atoms with Crippen LogP contribution in [0.25, 0.3) is 0 Å². The number of nitrogens with two attached hydrogens (primary N) is 1. The number of ether oxygens (including phenoxy) is 1. The van der Waals surface area contributed by atoms with Crippen LogP contribution in [0.1, 0.15) is 5.56 Å². The summed E-state index contributed by atoms with van der Waals surface area (Å²) >= 11 is 11.7. The van der Waals surface area contributed by atoms with E-state index in [0.717, 1.165) is 5.56 Å². The molecule has 2 N–H and O–H groups in total. The average molecular weight is 269 g/mol. The van der Waals surface area contributed by atoms with Gasteiger partial charge in [-0.2, -0.15) is 0 Å². The fraction of sp³-hybridized carbons (Fsp3) is 0.0833. The van der Waals surface area contributed by atoms with Gasteiger partial charge in [0, 0.05) is 18.3 Å². The molecular formula is C12H10Cl2N2O. The van der Waals surface area contributed by atoms with Crippen molar-refractivity contribution in [2.75, 3.05) is 0 Å². The van der Waals surface area contributed by atoms with Crippen molar-refractivity contribution >= 4 is 23.2 Å². The van der Waals surface area contributed by atoms with Gasteiger partial charge in [0.15, 0.2) is 0 Å². The van der Waals surface area contributed by atoms with E-state index in [1.165, 1.54) is 6.20 Å². The lowest BCUT2D eigenvalue weighted by Crippen LogP contribution is -1.99. The third-order valence-electron chi connectivity index (χ3n) is 2.17. The predicted octanol–water partition coefficient (Wildman–Crippen LogP) is 3.64. The quantitative estimate of drug-likeness (QED) is 0.925. The van der Waals surface area contributed by atoms with Gasteiger partial charge < -0.3 is 10.5 Å². The number of benzene rings is 1. The molecule has 1 aromatic carbocycles. The maximum absolute atomic E-state index is 5.97. The average Bonchev–Trinajstić information content (AvgIpc) is 2.33. The summed E-state index contributed by atoms with van der Waals surface area (Å²) in [5.74, 6) is 0.962. The molecule has 0 aliphatic heterocycles. The first-order valence-electron chi connectivity index (χ1n) is 4.97. The van der Waals surface area contributed by atoms with Crippen molar-refractivity contribution in [1.82, 2.24) is 4.98 Å². The first kappa shape index (κ1) is 12.2. The third-order valence-corrected chi connectivity index (χ3v) is 2.65. The monoisotopic (exact) mass is 268 g/mol. The highest BCUT2D eigenvalue weighted by atomic mass is 35.5. The summed E-state index contributed by atoms with van der Waals surface area (Å²) in [5, 5.41) is 0.832. The number of aromatic nitrogens is 1. The molecule has 0 radical (unpaired) electrons. The van der Waals surface area contributed by atoms with E-state index in [4.69, 9.17) is 33.7 Å². The minimum atomic E-state index is 0.317. The Morgan fingerprint density at radius 3 is 2.71 bits per heavy atom. The molecule has 88 valence electrons. The second-order valence-electron chi connectivity index (χ2n) is 3.35. The summed E-state index contributed by atoms with van der Waals surface area (Å²) in [7, 11) is 0. The largest absolute Gasteiger partial charge is 0.437 e. The van der Waals surface area contributed by atoms with Gasteiger partial charge in [-0.05, 0) is 12.1 Å². The standard InChI is InChI=1S/C12H10Cl2N2O/c13-9-5-10(14)12(16-7-9)17-11-4-2-1-3-8(11)6-15/h1-5,7H,6,15H2. The van der Waals surface area contributed by atoms with E-state index in [0.29, 0.717) is 28.2 Å². The molecule has 0 bridgehead atoms. The molecule has 5 heteroatoms. The van der Waals surface area contributed by atoms with Crippen molar-refractivity contribution in [2.45, 2.75) is 6.54 Å². The van der Waals surface area contributed by atoms with Crippen LogP contribution in [0.3, 0.4) is 0 Å². The summed E-state index contributed by atoms with van der Waals surface area (Å²) in [6, 6.07) is 9.04. The van der Waals surface area contributed by atoms with Crippen LogP contribution >= 0.6 is 23.2 Å². The van der Waals surface area contributed by atoms with Crippen LogP contribution in [-0.2, 0) is 6.54 Å². The van der Waals surface area contributed by atoms with Crippen LogP contribution in [-0.4, -0.2) is 4.98 Å². The van der Waals surface area contributed by atoms with Crippen molar-refractivity contribution in [3.05, 3.63) is 52.1 Å². The maximum Gasteiger partial charge on any atom is 0.238 e. The Bertz CT molecular complexity index is 532. The Labute approximate surface area is 109 Å². The van der Waals surface area contributed by atoms with Crippen LogP contribution in [0.2, 0.25) is 10.0 Å². The Morgan fingerprint density at radius 1 is 1.24 bits per heavy atom. The summed E-state index contributed by atoms with van der Waals surface area (Å²) in [6.45, 7) is 0.390. The van der Waals surface area contributed by atoms with Gasteiger partial charge in [-0.25, -0.2) is 4.98 Å². The highest BCUT2D eigenvalue weighted by Crippen LogP contribution is 2.30. The minimum absolute atomic E-state index is 0.317. The van der Waals surface area contributed by atoms with Crippen molar-refractivity contribution in [3.8, 4) is 11.6 Å². The van der Waals surface area contributed by atoms with E-state index < -0.39 is 0 Å². The molecule has 2 aromatic rings. The Hall–Kier alpha value is -1.29. The predicted molar refractivity (Wildman–Crippen MR) is 68.7 cm³/mol. The Kier molecular flexibility index (Phi) is 3.84. The molecule has 0 atom stereocenters. The molecule has 0 aliphatic carbocycles. The number of hydrogen-bond donors (Lipinski definition) is 1. The Morgan fingerprint density at radius 2 is 2.00 bits per heavy atom. The number of para-hydroxylation sites is 1. The van der Waals surface area contributed by atoms with E-state index in [9.17, 15) is 0 Å². The summed E-state index contributed by atoms with van der Waals surface area (Å²) in [4.78, 5) is 4.02. The number of rotatable bonds is 3. The highest BCUT2D eigenvalue weighted by Gasteiger charge is 2.08. The normalized spacial score (nSPS) is 10.3. The second kappa shape index (κ2) is 5.36. The Balaban J connectivity index is 2.31. The molecule has 3 nitrogen and oxygen atoms in total. The van der Waals surface area contributed by atoms with Crippen LogP contribution in [0.4, 0.5) is 0 Å². The SMILES string of the molecule is NCc1ccccc1Oc1ncc(Cl)cc1Cl. The molecule has 0 saturated heterocycles. The van der Waals surface area contributed by atoms with Crippen LogP contribution in [0, 0.1) is 0 Å². The lowest BCUT2D eigenvalue weighted by Gasteiger charge is -2.09. The van der Waals surface area contributed by atoms with E-state index in [1.54, 1.807) is 6.07 Å². The molecule has 0 unspecified atom stereocenters. The lowest BCUT2D eigenvalue weighted by atomic mass is 10.2. The summed E-state index contributed by atoms with van der Waals surface area (Å²) in [5.41, 5.74) is 6.50. The highest BCUT2D eigenvalue weighted by molar-refractivity contribution is 6.35. The van der Waals surface area contributed by atoms with Gasteiger partial charge in [0.25, 0.3) is 0 Å². The molecule has 0 amide bonds. The zero-order chi connectivity index (χ0) is 12.3. The third kappa shape index (κ3) is 2.88. The number of hydrogen-bond acceptors (Lipinski definition) is 3. The second-order valence-corrected chi connectivity index (χ2v) is 4.20. The van der Waals surface area contributed by atoms with E-state index in [-0.39, 0.29) is 0 Å². The van der Waals surface area contributed by atoms with Crippen molar-refractivity contribution in [3.63, 3.8) is 0 Å². The summed E-state index contributed by atoms with van der Waals surface area (Å²) in [6.07, 6.45) is 1.48. The van der Waals surface area contributed by atoms with E-state index in [1.807, 2.05) is 24.3 Å². The van der Waals surface area contributed by atoms with Gasteiger partial charge in [-0.15, -0.1) is 0 Å². The smallest absolute Gasteiger partial charge is 0.238 e. The van der Waals surface area contributed by atoms with E-state index >= 15 is 0 Å². The van der Waals surface area contributed by atoms with Gasteiger partial charge >= 0.3 is 0 Å². The molecule has 0 fully saturated rings. The molecule has 1 heterocycles. The first-order chi connectivity index (χ1) is 8.20. The van der Waals surface area contributed by atoms with Gasteiger partial charge in [0.1, 0.15) is 10.8 Å². The molecule has 0 saturated carbocycles.